The fourth-order valence-corrected chi connectivity index (χ4v) is 1.59. The molecule has 1 rings (SSSR count). The van der Waals surface area contributed by atoms with Crippen molar-refractivity contribution in [2.45, 2.75) is 46.2 Å². The molecule has 0 spiro atoms. The van der Waals surface area contributed by atoms with Gasteiger partial charge in [0.1, 0.15) is 0 Å². The molecule has 0 radical (unpaired) electrons. The molecule has 0 amide bonds. The second-order valence-corrected chi connectivity index (χ2v) is 5.47. The van der Waals surface area contributed by atoms with Crippen LogP contribution in [0.25, 0.3) is 0 Å². The van der Waals surface area contributed by atoms with E-state index in [1.54, 1.807) is 0 Å². The summed E-state index contributed by atoms with van der Waals surface area (Å²) in [4.78, 5) is 4.36. The van der Waals surface area contributed by atoms with Gasteiger partial charge in [-0.1, -0.05) is 6.07 Å². The van der Waals surface area contributed by atoms with E-state index < -0.39 is 0 Å². The predicted octanol–water partition coefficient (Wildman–Crippen LogP) is 2.26. The Morgan fingerprint density at radius 1 is 1.24 bits per heavy atom. The van der Waals surface area contributed by atoms with E-state index in [-0.39, 0.29) is 5.54 Å². The lowest BCUT2D eigenvalue weighted by atomic mass is 10.1. The first-order valence-electron chi connectivity index (χ1n) is 6.35. The van der Waals surface area contributed by atoms with E-state index in [1.807, 2.05) is 12.3 Å². The number of nitrogens with one attached hydrogen (secondary N) is 2. The maximum atomic E-state index is 4.36. The van der Waals surface area contributed by atoms with Crippen LogP contribution in [0, 0.1) is 6.92 Å². The molecule has 0 unspecified atom stereocenters. The lowest BCUT2D eigenvalue weighted by Crippen LogP contribution is -2.37. The van der Waals surface area contributed by atoms with Crippen molar-refractivity contribution >= 4 is 0 Å². The molecule has 0 aromatic carbocycles. The van der Waals surface area contributed by atoms with Gasteiger partial charge in [-0.15, -0.1) is 0 Å². The van der Waals surface area contributed by atoms with Crippen LogP contribution in [-0.4, -0.2) is 23.6 Å². The summed E-state index contributed by atoms with van der Waals surface area (Å²) in [5, 5.41) is 6.90. The molecule has 0 aliphatic carbocycles. The quantitative estimate of drug-likeness (QED) is 0.743. The zero-order chi connectivity index (χ0) is 12.7. The number of pyridine rings is 1. The molecule has 3 nitrogen and oxygen atoms in total. The van der Waals surface area contributed by atoms with E-state index in [0.29, 0.717) is 0 Å². The summed E-state index contributed by atoms with van der Waals surface area (Å²) in [5.74, 6) is 0. The zero-order valence-corrected chi connectivity index (χ0v) is 11.5. The summed E-state index contributed by atoms with van der Waals surface area (Å²) >= 11 is 0. The molecular weight excluding hydrogens is 210 g/mol. The number of nitrogens with zero attached hydrogens (tertiary/aromatic N) is 1. The second kappa shape index (κ2) is 6.72. The molecule has 2 N–H and O–H groups in total. The van der Waals surface area contributed by atoms with Gasteiger partial charge in [-0.25, -0.2) is 0 Å². The van der Waals surface area contributed by atoms with Gasteiger partial charge in [0.2, 0.25) is 0 Å². The van der Waals surface area contributed by atoms with Crippen molar-refractivity contribution in [1.82, 2.24) is 15.6 Å². The van der Waals surface area contributed by atoms with E-state index in [4.69, 9.17) is 0 Å². The monoisotopic (exact) mass is 235 g/mol. The average Bonchev–Trinajstić information content (AvgIpc) is 2.24. The molecule has 0 aliphatic rings. The van der Waals surface area contributed by atoms with Crippen molar-refractivity contribution < 1.29 is 0 Å². The SMILES string of the molecule is Cc1cccnc1CNCCCNC(C)(C)C. The number of rotatable bonds is 6. The molecule has 1 heterocycles. The summed E-state index contributed by atoms with van der Waals surface area (Å²) < 4.78 is 0. The highest BCUT2D eigenvalue weighted by Gasteiger charge is 2.06. The third-order valence-electron chi connectivity index (χ3n) is 2.60. The Morgan fingerprint density at radius 2 is 2.00 bits per heavy atom. The fourth-order valence-electron chi connectivity index (χ4n) is 1.59. The Bertz CT molecular complexity index is 328. The summed E-state index contributed by atoms with van der Waals surface area (Å²) in [6.45, 7) is 11.6. The first-order chi connectivity index (χ1) is 7.99. The topological polar surface area (TPSA) is 37.0 Å². The summed E-state index contributed by atoms with van der Waals surface area (Å²) in [6, 6.07) is 4.08. The third kappa shape index (κ3) is 6.39. The molecule has 0 saturated heterocycles. The third-order valence-corrected chi connectivity index (χ3v) is 2.60. The molecule has 96 valence electrons. The average molecular weight is 235 g/mol. The Hall–Kier alpha value is -0.930. The van der Waals surface area contributed by atoms with Crippen molar-refractivity contribution in [1.29, 1.82) is 0 Å². The Labute approximate surface area is 105 Å². The van der Waals surface area contributed by atoms with E-state index in [2.05, 4.69) is 49.4 Å². The minimum absolute atomic E-state index is 0.220. The minimum atomic E-state index is 0.220. The molecule has 0 aliphatic heterocycles. The number of aryl methyl sites for hydroxylation is 1. The molecule has 1 aromatic rings. The van der Waals surface area contributed by atoms with Crippen LogP contribution >= 0.6 is 0 Å². The zero-order valence-electron chi connectivity index (χ0n) is 11.5. The van der Waals surface area contributed by atoms with E-state index in [9.17, 15) is 0 Å². The molecule has 0 saturated carbocycles. The first-order valence-corrected chi connectivity index (χ1v) is 6.35. The second-order valence-electron chi connectivity index (χ2n) is 5.47. The number of aromatic nitrogens is 1. The highest BCUT2D eigenvalue weighted by Crippen LogP contribution is 2.02. The number of hydrogen-bond donors (Lipinski definition) is 2. The van der Waals surface area contributed by atoms with E-state index in [1.165, 1.54) is 5.56 Å². The van der Waals surface area contributed by atoms with Gasteiger partial charge in [0, 0.05) is 18.3 Å². The number of hydrogen-bond acceptors (Lipinski definition) is 3. The van der Waals surface area contributed by atoms with Crippen LogP contribution in [0.1, 0.15) is 38.4 Å². The molecular formula is C14H25N3. The summed E-state index contributed by atoms with van der Waals surface area (Å²) in [6.07, 6.45) is 2.99. The largest absolute Gasteiger partial charge is 0.312 e. The normalized spacial score (nSPS) is 11.8. The van der Waals surface area contributed by atoms with Gasteiger partial charge in [-0.2, -0.15) is 0 Å². The maximum absolute atomic E-state index is 4.36. The molecule has 1 aromatic heterocycles. The van der Waals surface area contributed by atoms with Crippen LogP contribution in [0.3, 0.4) is 0 Å². The van der Waals surface area contributed by atoms with Gasteiger partial charge in [0.25, 0.3) is 0 Å². The van der Waals surface area contributed by atoms with Gasteiger partial charge in [0.05, 0.1) is 5.69 Å². The van der Waals surface area contributed by atoms with Crippen LogP contribution in [0.4, 0.5) is 0 Å². The van der Waals surface area contributed by atoms with Gasteiger partial charge < -0.3 is 10.6 Å². The van der Waals surface area contributed by atoms with Crippen LogP contribution < -0.4 is 10.6 Å². The molecule has 17 heavy (non-hydrogen) atoms. The smallest absolute Gasteiger partial charge is 0.0570 e. The van der Waals surface area contributed by atoms with Crippen molar-refractivity contribution in [3.63, 3.8) is 0 Å². The minimum Gasteiger partial charge on any atom is -0.312 e. The van der Waals surface area contributed by atoms with Crippen LogP contribution in [-0.2, 0) is 6.54 Å². The first kappa shape index (κ1) is 14.1. The van der Waals surface area contributed by atoms with Gasteiger partial charge in [0.15, 0.2) is 0 Å². The van der Waals surface area contributed by atoms with Crippen LogP contribution in [0.2, 0.25) is 0 Å². The maximum Gasteiger partial charge on any atom is 0.0570 e. The van der Waals surface area contributed by atoms with E-state index in [0.717, 1.165) is 31.7 Å². The highest BCUT2D eigenvalue weighted by molar-refractivity contribution is 5.17. The Kier molecular flexibility index (Phi) is 5.59. The predicted molar refractivity (Wildman–Crippen MR) is 73.1 cm³/mol. The molecule has 0 bridgehead atoms. The lowest BCUT2D eigenvalue weighted by Gasteiger charge is -2.20. The van der Waals surface area contributed by atoms with Crippen LogP contribution in [0.5, 0.6) is 0 Å². The van der Waals surface area contributed by atoms with Crippen LogP contribution in [0.15, 0.2) is 18.3 Å². The van der Waals surface area contributed by atoms with Gasteiger partial charge >= 0.3 is 0 Å². The van der Waals surface area contributed by atoms with Crippen molar-refractivity contribution in [3.05, 3.63) is 29.6 Å². The summed E-state index contributed by atoms with van der Waals surface area (Å²) in [7, 11) is 0. The lowest BCUT2D eigenvalue weighted by molar-refractivity contribution is 0.418. The van der Waals surface area contributed by atoms with E-state index >= 15 is 0 Å². The highest BCUT2D eigenvalue weighted by atomic mass is 15.0. The van der Waals surface area contributed by atoms with Crippen molar-refractivity contribution in [3.8, 4) is 0 Å². The standard InChI is InChI=1S/C14H25N3/c1-12-7-5-9-16-13(12)11-15-8-6-10-17-14(2,3)4/h5,7,9,15,17H,6,8,10-11H2,1-4H3. The molecule has 0 atom stereocenters. The summed E-state index contributed by atoms with van der Waals surface area (Å²) in [5.41, 5.74) is 2.63. The fraction of sp³-hybridized carbons (Fsp3) is 0.643. The van der Waals surface area contributed by atoms with Crippen molar-refractivity contribution in [2.75, 3.05) is 13.1 Å². The van der Waals surface area contributed by atoms with Crippen molar-refractivity contribution in [2.24, 2.45) is 0 Å². The van der Waals surface area contributed by atoms with Gasteiger partial charge in [-0.3, -0.25) is 4.98 Å². The Balaban J connectivity index is 2.11. The molecule has 3 heteroatoms. The van der Waals surface area contributed by atoms with Gasteiger partial charge in [-0.05, 0) is 58.8 Å². The molecule has 0 fully saturated rings. The Morgan fingerprint density at radius 3 is 2.65 bits per heavy atom.